The highest BCUT2D eigenvalue weighted by atomic mass is 32.1. The maximum atomic E-state index is 13.1. The van der Waals surface area contributed by atoms with Gasteiger partial charge in [-0.15, -0.1) is 0 Å². The molecule has 5 nitrogen and oxygen atoms in total. The number of unbranched alkanes of at least 4 members (excludes halogenated alkanes) is 11. The van der Waals surface area contributed by atoms with Gasteiger partial charge in [0.2, 0.25) is 5.01 Å². The van der Waals surface area contributed by atoms with Crippen LogP contribution < -0.4 is 14.6 Å². The molecule has 0 unspecified atom stereocenters. The highest BCUT2D eigenvalue weighted by Crippen LogP contribution is 2.30. The van der Waals surface area contributed by atoms with Gasteiger partial charge in [0.05, 0.1) is 23.2 Å². The Bertz CT molecular complexity index is 1190. The molecule has 3 rings (SSSR count). The lowest BCUT2D eigenvalue weighted by molar-refractivity contribution is -0.689. The monoisotopic (exact) mass is 563 g/mol. The van der Waals surface area contributed by atoms with Crippen molar-refractivity contribution in [1.29, 1.82) is 0 Å². The molecule has 1 N–H and O–H groups in total. The molecule has 0 aliphatic rings. The van der Waals surface area contributed by atoms with Crippen molar-refractivity contribution in [3.05, 3.63) is 75.7 Å². The van der Waals surface area contributed by atoms with E-state index in [0.29, 0.717) is 29.2 Å². The Labute approximate surface area is 245 Å². The van der Waals surface area contributed by atoms with Crippen molar-refractivity contribution in [2.24, 2.45) is 0 Å². The molecule has 1 heterocycles. The Kier molecular flexibility index (Phi) is 13.9. The molecule has 0 atom stereocenters. The predicted octanol–water partition coefficient (Wildman–Crippen LogP) is 8.93. The van der Waals surface area contributed by atoms with Crippen LogP contribution in [0, 0.1) is 6.92 Å². The van der Waals surface area contributed by atoms with E-state index < -0.39 is 0 Å². The van der Waals surface area contributed by atoms with Crippen molar-refractivity contribution >= 4 is 28.7 Å². The number of ether oxygens (including phenoxy) is 1. The van der Waals surface area contributed by atoms with Crippen LogP contribution in [0.3, 0.4) is 0 Å². The molecule has 216 valence electrons. The molecule has 0 aliphatic carbocycles. The van der Waals surface area contributed by atoms with Crippen molar-refractivity contribution < 1.29 is 18.9 Å². The maximum Gasteiger partial charge on any atom is 0.255 e. The smallest absolute Gasteiger partial charge is 0.255 e. The van der Waals surface area contributed by atoms with Gasteiger partial charge in [0, 0.05) is 18.1 Å². The van der Waals surface area contributed by atoms with E-state index in [1.165, 1.54) is 76.1 Å². The van der Waals surface area contributed by atoms with Crippen molar-refractivity contribution in [2.45, 2.75) is 104 Å². The molecular formula is C34H47N2O3S+. The van der Waals surface area contributed by atoms with E-state index in [1.54, 1.807) is 29.5 Å². The fourth-order valence-electron chi connectivity index (χ4n) is 4.88. The Morgan fingerprint density at radius 1 is 0.850 bits per heavy atom. The van der Waals surface area contributed by atoms with Crippen LogP contribution in [0.5, 0.6) is 5.75 Å². The molecule has 40 heavy (non-hydrogen) atoms. The molecule has 6 heteroatoms. The maximum absolute atomic E-state index is 13.1. The second-order valence-corrected chi connectivity index (χ2v) is 11.8. The van der Waals surface area contributed by atoms with E-state index in [9.17, 15) is 9.59 Å². The first-order chi connectivity index (χ1) is 19.5. The van der Waals surface area contributed by atoms with Crippen LogP contribution in [-0.4, -0.2) is 18.3 Å². The van der Waals surface area contributed by atoms with Gasteiger partial charge >= 0.3 is 0 Å². The average molecular weight is 564 g/mol. The van der Waals surface area contributed by atoms with Crippen molar-refractivity contribution in [3.8, 4) is 5.75 Å². The minimum atomic E-state index is -0.221. The SMILES string of the molecule is CCCCCCCCCCCCCCOc1c(NC(=O)c2ccc(C[n+]3ccsc3C)cc2)cccc1C(C)=O. The second kappa shape index (κ2) is 17.6. The van der Waals surface area contributed by atoms with E-state index in [4.69, 9.17) is 4.74 Å². The molecule has 1 aromatic heterocycles. The number of nitrogens with zero attached hydrogens (tertiary/aromatic N) is 1. The summed E-state index contributed by atoms with van der Waals surface area (Å²) in [6, 6.07) is 13.0. The number of nitrogens with one attached hydrogen (secondary N) is 1. The Morgan fingerprint density at radius 2 is 1.48 bits per heavy atom. The highest BCUT2D eigenvalue weighted by molar-refractivity contribution is 7.09. The number of aryl methyl sites for hydroxylation is 1. The number of anilines is 1. The van der Waals surface area contributed by atoms with Crippen LogP contribution in [0.4, 0.5) is 5.69 Å². The van der Waals surface area contributed by atoms with E-state index >= 15 is 0 Å². The van der Waals surface area contributed by atoms with Gasteiger partial charge in [-0.1, -0.05) is 107 Å². The summed E-state index contributed by atoms with van der Waals surface area (Å²) < 4.78 is 8.30. The van der Waals surface area contributed by atoms with E-state index in [0.717, 1.165) is 24.9 Å². The topological polar surface area (TPSA) is 59.3 Å². The molecular weight excluding hydrogens is 516 g/mol. The van der Waals surface area contributed by atoms with Gasteiger partial charge in [0.15, 0.2) is 24.3 Å². The Balaban J connectivity index is 1.46. The number of carbonyl (C=O) groups excluding carboxylic acids is 2. The lowest BCUT2D eigenvalue weighted by atomic mass is 10.1. The van der Waals surface area contributed by atoms with Crippen LogP contribution in [0.15, 0.2) is 54.0 Å². The van der Waals surface area contributed by atoms with E-state index in [-0.39, 0.29) is 11.7 Å². The summed E-state index contributed by atoms with van der Waals surface area (Å²) in [6.07, 6.45) is 17.4. The summed E-state index contributed by atoms with van der Waals surface area (Å²) in [5.74, 6) is 0.167. The number of thiazole rings is 1. The number of hydrogen-bond donors (Lipinski definition) is 1. The van der Waals surface area contributed by atoms with Crippen LogP contribution in [-0.2, 0) is 6.54 Å². The fraction of sp³-hybridized carbons (Fsp3) is 0.500. The average Bonchev–Trinajstić information content (AvgIpc) is 3.35. The molecule has 0 aliphatic heterocycles. The number of Topliss-reactive ketones (excluding diaryl/α,β-unsaturated/α-hetero) is 1. The summed E-state index contributed by atoms with van der Waals surface area (Å²) in [7, 11) is 0. The largest absolute Gasteiger partial charge is 0.491 e. The van der Waals surface area contributed by atoms with Crippen LogP contribution in [0.25, 0.3) is 0 Å². The molecule has 2 aromatic carbocycles. The molecule has 0 radical (unpaired) electrons. The van der Waals surface area contributed by atoms with Crippen molar-refractivity contribution in [3.63, 3.8) is 0 Å². The summed E-state index contributed by atoms with van der Waals surface area (Å²) in [5, 5.41) is 6.29. The molecule has 0 bridgehead atoms. The predicted molar refractivity (Wildman–Crippen MR) is 166 cm³/mol. The first-order valence-electron chi connectivity index (χ1n) is 15.1. The van der Waals surface area contributed by atoms with Crippen molar-refractivity contribution in [1.82, 2.24) is 0 Å². The van der Waals surface area contributed by atoms with Crippen LogP contribution >= 0.6 is 11.3 Å². The first-order valence-corrected chi connectivity index (χ1v) is 16.0. The minimum Gasteiger partial charge on any atom is -0.491 e. The number of benzene rings is 2. The highest BCUT2D eigenvalue weighted by Gasteiger charge is 2.17. The standard InChI is InChI=1S/C34H46N2O3S/c1-4-5-6-7-8-9-10-11-12-13-14-15-24-39-33-31(27(2)37)17-16-18-32(33)35-34(38)30-21-19-29(20-22-30)26-36-23-25-40-28(36)3/h16-23,25H,4-15,24,26H2,1-3H3/p+1. The number of carbonyl (C=O) groups is 2. The fourth-order valence-corrected chi connectivity index (χ4v) is 5.54. The zero-order chi connectivity index (χ0) is 28.6. The number of ketones is 1. The number of aromatic nitrogens is 1. The number of para-hydroxylation sites is 1. The quantitative estimate of drug-likeness (QED) is 0.0900. The normalized spacial score (nSPS) is 11.0. The summed E-state index contributed by atoms with van der Waals surface area (Å²) >= 11 is 1.72. The molecule has 1 amide bonds. The molecule has 0 fully saturated rings. The van der Waals surface area contributed by atoms with Crippen LogP contribution in [0.1, 0.15) is 122 Å². The second-order valence-electron chi connectivity index (χ2n) is 10.7. The van der Waals surface area contributed by atoms with Gasteiger partial charge in [-0.05, 0) is 37.6 Å². The third-order valence-corrected chi connectivity index (χ3v) is 8.17. The van der Waals surface area contributed by atoms with E-state index in [2.05, 4.69) is 35.3 Å². The minimum absolute atomic E-state index is 0.0774. The van der Waals surface area contributed by atoms with Gasteiger partial charge in [-0.2, -0.15) is 4.57 Å². The zero-order valence-electron chi connectivity index (χ0n) is 24.7. The first kappa shape index (κ1) is 31.5. The lowest BCUT2D eigenvalue weighted by Gasteiger charge is -2.15. The lowest BCUT2D eigenvalue weighted by Crippen LogP contribution is -2.34. The third-order valence-electron chi connectivity index (χ3n) is 7.34. The molecule has 3 aromatic rings. The Morgan fingerprint density at radius 3 is 2.05 bits per heavy atom. The zero-order valence-corrected chi connectivity index (χ0v) is 25.5. The third kappa shape index (κ3) is 10.5. The number of rotatable bonds is 19. The molecule has 0 saturated heterocycles. The van der Waals surface area contributed by atoms with E-state index in [1.807, 2.05) is 24.3 Å². The van der Waals surface area contributed by atoms with Crippen LogP contribution in [0.2, 0.25) is 0 Å². The van der Waals surface area contributed by atoms with Crippen molar-refractivity contribution in [2.75, 3.05) is 11.9 Å². The summed E-state index contributed by atoms with van der Waals surface area (Å²) in [6.45, 7) is 7.19. The molecule has 0 saturated carbocycles. The number of hydrogen-bond acceptors (Lipinski definition) is 4. The summed E-state index contributed by atoms with van der Waals surface area (Å²) in [5.41, 5.74) is 2.73. The van der Waals surface area contributed by atoms with Gasteiger partial charge in [0.25, 0.3) is 5.91 Å². The van der Waals surface area contributed by atoms with Gasteiger partial charge in [0.1, 0.15) is 0 Å². The summed E-state index contributed by atoms with van der Waals surface area (Å²) in [4.78, 5) is 25.4. The van der Waals surface area contributed by atoms with Gasteiger partial charge in [-0.3, -0.25) is 9.59 Å². The van der Waals surface area contributed by atoms with Gasteiger partial charge < -0.3 is 10.1 Å². The number of amides is 1. The Hall–Kier alpha value is -2.99. The van der Waals surface area contributed by atoms with Gasteiger partial charge in [-0.25, -0.2) is 0 Å². The molecule has 0 spiro atoms.